The molecule has 0 aromatic rings. The lowest BCUT2D eigenvalue weighted by molar-refractivity contribution is -0.127. The molecular weight excluding hydrogens is 194 g/mol. The Morgan fingerprint density at radius 3 is 2.57 bits per heavy atom. The van der Waals surface area contributed by atoms with Gasteiger partial charge in [0, 0.05) is 19.5 Å². The van der Waals surface area contributed by atoms with E-state index < -0.39 is 0 Å². The van der Waals surface area contributed by atoms with Gasteiger partial charge in [0.1, 0.15) is 0 Å². The molecule has 0 N–H and O–H groups in total. The van der Waals surface area contributed by atoms with Crippen molar-refractivity contribution in [3.8, 4) is 0 Å². The van der Waals surface area contributed by atoms with E-state index in [1.54, 1.807) is 0 Å². The minimum atomic E-state index is 0.255. The van der Waals surface area contributed by atoms with Crippen LogP contribution in [-0.4, -0.2) is 29.6 Å². The number of carbonyl (C=O) groups excluding carboxylic acids is 1. The van der Waals surface area contributed by atoms with E-state index >= 15 is 0 Å². The number of thiol groups is 1. The van der Waals surface area contributed by atoms with E-state index in [1.807, 2.05) is 4.90 Å². The topological polar surface area (TPSA) is 20.3 Å². The van der Waals surface area contributed by atoms with Crippen LogP contribution in [0.1, 0.15) is 33.6 Å². The Bertz CT molecular complexity index is 210. The van der Waals surface area contributed by atoms with Crippen molar-refractivity contribution in [2.45, 2.75) is 33.6 Å². The summed E-state index contributed by atoms with van der Waals surface area (Å²) in [5, 5.41) is 0. The fraction of sp³-hybridized carbons (Fsp3) is 0.909. The van der Waals surface area contributed by atoms with Gasteiger partial charge in [-0.2, -0.15) is 12.6 Å². The van der Waals surface area contributed by atoms with Crippen LogP contribution in [0, 0.1) is 11.3 Å². The van der Waals surface area contributed by atoms with Gasteiger partial charge in [0.2, 0.25) is 5.91 Å². The van der Waals surface area contributed by atoms with Gasteiger partial charge in [0.25, 0.3) is 0 Å². The molecule has 1 saturated heterocycles. The summed E-state index contributed by atoms with van der Waals surface area (Å²) < 4.78 is 0. The molecule has 82 valence electrons. The molecule has 1 aliphatic rings. The van der Waals surface area contributed by atoms with Crippen LogP contribution in [0.5, 0.6) is 0 Å². The third kappa shape index (κ3) is 2.91. The van der Waals surface area contributed by atoms with Crippen LogP contribution in [0.15, 0.2) is 0 Å². The first-order valence-electron chi connectivity index (χ1n) is 5.34. The fourth-order valence-corrected chi connectivity index (χ4v) is 1.97. The van der Waals surface area contributed by atoms with Crippen molar-refractivity contribution in [2.75, 3.05) is 18.8 Å². The maximum absolute atomic E-state index is 11.6. The summed E-state index contributed by atoms with van der Waals surface area (Å²) in [5.74, 6) is 1.71. The predicted octanol–water partition coefficient (Wildman–Crippen LogP) is 2.20. The van der Waals surface area contributed by atoms with Gasteiger partial charge in [0.05, 0.1) is 0 Å². The highest BCUT2D eigenvalue weighted by atomic mass is 32.1. The second-order valence-corrected chi connectivity index (χ2v) is 5.63. The Labute approximate surface area is 92.5 Å². The smallest absolute Gasteiger partial charge is 0.222 e. The average molecular weight is 215 g/mol. The monoisotopic (exact) mass is 215 g/mol. The van der Waals surface area contributed by atoms with E-state index in [4.69, 9.17) is 0 Å². The standard InChI is InChI=1S/C11H21NOS/c1-11(2,3)9-7-10(13)12(8-9)5-4-6-14/h9,14H,4-8H2,1-3H3. The number of hydrogen-bond acceptors (Lipinski definition) is 2. The molecule has 14 heavy (non-hydrogen) atoms. The second-order valence-electron chi connectivity index (χ2n) is 5.18. The van der Waals surface area contributed by atoms with Gasteiger partial charge in [-0.25, -0.2) is 0 Å². The summed E-state index contributed by atoms with van der Waals surface area (Å²) in [6.45, 7) is 8.47. The number of nitrogens with zero attached hydrogens (tertiary/aromatic N) is 1. The molecule has 1 fully saturated rings. The molecule has 1 amide bonds. The molecule has 0 bridgehead atoms. The Hall–Kier alpha value is -0.180. The lowest BCUT2D eigenvalue weighted by atomic mass is 9.80. The van der Waals surface area contributed by atoms with Crippen LogP contribution < -0.4 is 0 Å². The van der Waals surface area contributed by atoms with Crippen LogP contribution >= 0.6 is 12.6 Å². The molecule has 2 nitrogen and oxygen atoms in total. The van der Waals surface area contributed by atoms with Crippen molar-refractivity contribution in [1.29, 1.82) is 0 Å². The summed E-state index contributed by atoms with van der Waals surface area (Å²) >= 11 is 4.16. The molecule has 0 aromatic carbocycles. The molecule has 0 radical (unpaired) electrons. The van der Waals surface area contributed by atoms with Crippen LogP contribution in [0.2, 0.25) is 0 Å². The Morgan fingerprint density at radius 1 is 1.50 bits per heavy atom. The van der Waals surface area contributed by atoms with Crippen molar-refractivity contribution in [3.63, 3.8) is 0 Å². The van der Waals surface area contributed by atoms with Gasteiger partial charge < -0.3 is 4.90 Å². The zero-order valence-electron chi connectivity index (χ0n) is 9.42. The van der Waals surface area contributed by atoms with Crippen molar-refractivity contribution in [2.24, 2.45) is 11.3 Å². The molecule has 1 rings (SSSR count). The minimum Gasteiger partial charge on any atom is -0.342 e. The first-order chi connectivity index (χ1) is 6.45. The Morgan fingerprint density at radius 2 is 2.14 bits per heavy atom. The number of hydrogen-bond donors (Lipinski definition) is 1. The third-order valence-corrected chi connectivity index (χ3v) is 3.34. The summed E-state index contributed by atoms with van der Waals surface area (Å²) in [6, 6.07) is 0. The average Bonchev–Trinajstić information content (AvgIpc) is 2.43. The third-order valence-electron chi connectivity index (χ3n) is 3.03. The highest BCUT2D eigenvalue weighted by Crippen LogP contribution is 2.34. The molecule has 1 heterocycles. The number of carbonyl (C=O) groups is 1. The van der Waals surface area contributed by atoms with Crippen LogP contribution in [0.4, 0.5) is 0 Å². The van der Waals surface area contributed by atoms with Gasteiger partial charge in [-0.1, -0.05) is 20.8 Å². The number of rotatable bonds is 3. The van der Waals surface area contributed by atoms with Gasteiger partial charge in [-0.05, 0) is 23.5 Å². The Kier molecular flexibility index (Phi) is 3.87. The Balaban J connectivity index is 2.47. The van der Waals surface area contributed by atoms with Crippen molar-refractivity contribution < 1.29 is 4.79 Å². The molecular formula is C11H21NOS. The van der Waals surface area contributed by atoms with Crippen LogP contribution in [0.3, 0.4) is 0 Å². The van der Waals surface area contributed by atoms with E-state index in [9.17, 15) is 4.79 Å². The zero-order chi connectivity index (χ0) is 10.8. The van der Waals surface area contributed by atoms with Gasteiger partial charge >= 0.3 is 0 Å². The highest BCUT2D eigenvalue weighted by Gasteiger charge is 2.36. The highest BCUT2D eigenvalue weighted by molar-refractivity contribution is 7.80. The predicted molar refractivity (Wildman–Crippen MR) is 62.6 cm³/mol. The largest absolute Gasteiger partial charge is 0.342 e. The van der Waals surface area contributed by atoms with Gasteiger partial charge in [0.15, 0.2) is 0 Å². The van der Waals surface area contributed by atoms with E-state index in [0.717, 1.165) is 31.7 Å². The molecule has 0 aliphatic carbocycles. The van der Waals surface area contributed by atoms with Crippen LogP contribution in [-0.2, 0) is 4.79 Å². The molecule has 0 aromatic heterocycles. The maximum atomic E-state index is 11.6. The summed E-state index contributed by atoms with van der Waals surface area (Å²) in [6.07, 6.45) is 1.74. The molecule has 1 unspecified atom stereocenters. The maximum Gasteiger partial charge on any atom is 0.222 e. The van der Waals surface area contributed by atoms with Crippen molar-refractivity contribution >= 4 is 18.5 Å². The normalized spacial score (nSPS) is 23.3. The van der Waals surface area contributed by atoms with Crippen molar-refractivity contribution in [3.05, 3.63) is 0 Å². The fourth-order valence-electron chi connectivity index (χ4n) is 1.83. The minimum absolute atomic E-state index is 0.255. The molecule has 0 saturated carbocycles. The summed E-state index contributed by atoms with van der Waals surface area (Å²) in [7, 11) is 0. The zero-order valence-corrected chi connectivity index (χ0v) is 10.3. The lowest BCUT2D eigenvalue weighted by Crippen LogP contribution is -2.28. The molecule has 1 aliphatic heterocycles. The molecule has 3 heteroatoms. The number of amides is 1. The van der Waals surface area contributed by atoms with Gasteiger partial charge in [-0.3, -0.25) is 4.79 Å². The van der Waals surface area contributed by atoms with Gasteiger partial charge in [-0.15, -0.1) is 0 Å². The first kappa shape index (κ1) is 11.9. The first-order valence-corrected chi connectivity index (χ1v) is 5.97. The van der Waals surface area contributed by atoms with Crippen LogP contribution in [0.25, 0.3) is 0 Å². The van der Waals surface area contributed by atoms with E-state index in [-0.39, 0.29) is 5.41 Å². The van der Waals surface area contributed by atoms with Crippen molar-refractivity contribution in [1.82, 2.24) is 4.90 Å². The number of likely N-dealkylation sites (tertiary alicyclic amines) is 1. The molecule has 0 spiro atoms. The van der Waals surface area contributed by atoms with E-state index in [2.05, 4.69) is 33.4 Å². The van der Waals surface area contributed by atoms with E-state index in [1.165, 1.54) is 0 Å². The summed E-state index contributed by atoms with van der Waals surface area (Å²) in [4.78, 5) is 13.6. The lowest BCUT2D eigenvalue weighted by Gasteiger charge is -2.26. The second kappa shape index (κ2) is 4.56. The quantitative estimate of drug-likeness (QED) is 0.716. The van der Waals surface area contributed by atoms with E-state index in [0.29, 0.717) is 11.8 Å². The SMILES string of the molecule is CC(C)(C)C1CC(=O)N(CCCS)C1. The molecule has 1 atom stereocenters. The summed E-state index contributed by atoms with van der Waals surface area (Å²) in [5.41, 5.74) is 0.255.